The molecule has 1 aliphatic carbocycles. The topological polar surface area (TPSA) is 119 Å². The first-order valence-corrected chi connectivity index (χ1v) is 12.7. The van der Waals surface area contributed by atoms with Gasteiger partial charge in [-0.3, -0.25) is 9.78 Å². The zero-order valence-corrected chi connectivity index (χ0v) is 23.3. The van der Waals surface area contributed by atoms with Crippen LogP contribution in [0.2, 0.25) is 0 Å². The van der Waals surface area contributed by atoms with E-state index in [1.807, 2.05) is 31.2 Å². The van der Waals surface area contributed by atoms with E-state index in [-0.39, 0.29) is 6.10 Å². The minimum absolute atomic E-state index is 0.224. The zero-order chi connectivity index (χ0) is 28.2. The highest BCUT2D eigenvalue weighted by Gasteiger charge is 2.16. The van der Waals surface area contributed by atoms with Gasteiger partial charge in [0.2, 0.25) is 0 Å². The number of hydrogen-bond donors (Lipinski definition) is 2. The van der Waals surface area contributed by atoms with E-state index in [0.29, 0.717) is 18.1 Å². The van der Waals surface area contributed by atoms with Crippen molar-refractivity contribution in [2.45, 2.75) is 51.7 Å². The Hall–Kier alpha value is -3.56. The van der Waals surface area contributed by atoms with Crippen LogP contribution in [-0.2, 0) is 25.6 Å². The summed E-state index contributed by atoms with van der Waals surface area (Å²) in [7, 11) is 7.06. The number of aldehydes is 1. The lowest BCUT2D eigenvalue weighted by atomic mass is 9.91. The second-order valence-corrected chi connectivity index (χ2v) is 9.09. The van der Waals surface area contributed by atoms with Gasteiger partial charge in [-0.1, -0.05) is 31.4 Å². The van der Waals surface area contributed by atoms with Crippen LogP contribution in [-0.4, -0.2) is 62.8 Å². The highest BCUT2D eigenvalue weighted by atomic mass is 16.5. The largest absolute Gasteiger partial charge is 0.471 e. The van der Waals surface area contributed by atoms with Gasteiger partial charge in [0.15, 0.2) is 0 Å². The predicted octanol–water partition coefficient (Wildman–Crippen LogP) is 4.72. The summed E-state index contributed by atoms with van der Waals surface area (Å²) < 4.78 is 9.34. The van der Waals surface area contributed by atoms with Gasteiger partial charge in [0.1, 0.15) is 6.29 Å². The number of nitrogens with two attached hydrogens (primary N) is 1. The molecule has 3 rings (SSSR count). The van der Waals surface area contributed by atoms with Crippen molar-refractivity contribution in [3.05, 3.63) is 66.3 Å². The Morgan fingerprint density at radius 2 is 1.71 bits per heavy atom. The molecule has 1 aromatic heterocycles. The number of aliphatic imine (C=N–C) groups is 1. The van der Waals surface area contributed by atoms with Crippen molar-refractivity contribution < 1.29 is 19.1 Å². The fourth-order valence-corrected chi connectivity index (χ4v) is 3.71. The van der Waals surface area contributed by atoms with Crippen LogP contribution >= 0.6 is 0 Å². The number of methoxy groups -OCH3 is 2. The number of carbonyl (C=O) groups excluding carboxylic acids is 2. The molecule has 1 aliphatic rings. The molecule has 1 heterocycles. The molecule has 0 aliphatic heterocycles. The number of anilines is 1. The van der Waals surface area contributed by atoms with E-state index in [9.17, 15) is 4.79 Å². The lowest BCUT2D eigenvalue weighted by molar-refractivity contribution is -0.126. The summed E-state index contributed by atoms with van der Waals surface area (Å²) in [5.41, 5.74) is 10.3. The first-order valence-electron chi connectivity index (χ1n) is 12.7. The number of nitrogens with zero attached hydrogens (tertiary/aromatic N) is 3. The average Bonchev–Trinajstić information content (AvgIpc) is 2.96. The molecular formula is C29H43N5O4. The maximum absolute atomic E-state index is 10.2. The zero-order valence-electron chi connectivity index (χ0n) is 23.3. The van der Waals surface area contributed by atoms with E-state index in [1.54, 1.807) is 19.5 Å². The highest BCUT2D eigenvalue weighted by molar-refractivity contribution is 6.06. The Bertz CT molecular complexity index is 972. The fraction of sp³-hybridized carbons (Fsp3) is 0.448. The van der Waals surface area contributed by atoms with Crippen molar-refractivity contribution in [2.75, 3.05) is 33.6 Å². The number of aromatic nitrogens is 1. The summed E-state index contributed by atoms with van der Waals surface area (Å²) >= 11 is 0. The molecule has 0 radical (unpaired) electrons. The second-order valence-electron chi connectivity index (χ2n) is 9.09. The van der Waals surface area contributed by atoms with E-state index in [1.165, 1.54) is 38.1 Å². The van der Waals surface area contributed by atoms with Crippen molar-refractivity contribution >= 4 is 29.8 Å². The maximum atomic E-state index is 10.2. The molecule has 1 atom stereocenters. The van der Waals surface area contributed by atoms with Crippen molar-refractivity contribution in [3.63, 3.8) is 0 Å². The molecule has 0 saturated heterocycles. The lowest BCUT2D eigenvalue weighted by Gasteiger charge is -2.18. The quantitative estimate of drug-likeness (QED) is 0.338. The Labute approximate surface area is 227 Å². The predicted molar refractivity (Wildman–Crippen MR) is 153 cm³/mol. The number of pyridine rings is 1. The van der Waals surface area contributed by atoms with E-state index in [4.69, 9.17) is 15.3 Å². The number of carbonyl (C=O) groups is 2. The highest BCUT2D eigenvalue weighted by Crippen LogP contribution is 2.21. The standard InChI is InChI=1S/C20H27N5O.C7H12O.C2H4O2/c1-15(26-4)20(24-18-9-11-22-12-10-18)19(13-21)23-17-7-5-16(6-8-17)14-25(2)3;8-6-7-4-2-1-3-5-7;1-4-2-3/h5-13,15,23H,14,21H2,1-4H3;6-7H,1-5H2;2H,1H3/b19-13+,24-20?;;/t15-;;/m0../s1. The van der Waals surface area contributed by atoms with Crippen LogP contribution in [0, 0.1) is 5.92 Å². The maximum Gasteiger partial charge on any atom is 0.292 e. The monoisotopic (exact) mass is 525 g/mol. The van der Waals surface area contributed by atoms with Crippen LogP contribution in [0.15, 0.2) is 65.7 Å². The molecule has 38 heavy (non-hydrogen) atoms. The third kappa shape index (κ3) is 13.1. The molecule has 3 N–H and O–H groups in total. The van der Waals surface area contributed by atoms with Crippen LogP contribution in [0.25, 0.3) is 0 Å². The molecule has 2 aromatic rings. The third-order valence-corrected chi connectivity index (χ3v) is 5.76. The molecule has 1 aromatic carbocycles. The summed E-state index contributed by atoms with van der Waals surface area (Å²) in [6.45, 7) is 3.21. The van der Waals surface area contributed by atoms with Crippen molar-refractivity contribution in [1.82, 2.24) is 9.88 Å². The Balaban J connectivity index is 0.000000495. The average molecular weight is 526 g/mol. The van der Waals surface area contributed by atoms with Gasteiger partial charge in [-0.25, -0.2) is 4.99 Å². The summed E-state index contributed by atoms with van der Waals surface area (Å²) in [6, 6.07) is 11.9. The summed E-state index contributed by atoms with van der Waals surface area (Å²) in [4.78, 5) is 30.0. The Morgan fingerprint density at radius 3 is 2.16 bits per heavy atom. The van der Waals surface area contributed by atoms with Crippen LogP contribution < -0.4 is 11.1 Å². The minimum Gasteiger partial charge on any atom is -0.471 e. The molecule has 9 nitrogen and oxygen atoms in total. The van der Waals surface area contributed by atoms with E-state index < -0.39 is 0 Å². The van der Waals surface area contributed by atoms with Crippen molar-refractivity contribution in [2.24, 2.45) is 16.6 Å². The molecule has 0 spiro atoms. The third-order valence-electron chi connectivity index (χ3n) is 5.76. The normalized spacial score (nSPS) is 14.8. The van der Waals surface area contributed by atoms with Gasteiger partial charge in [-0.05, 0) is 63.7 Å². The van der Waals surface area contributed by atoms with Gasteiger partial charge >= 0.3 is 0 Å². The van der Waals surface area contributed by atoms with Gasteiger partial charge in [-0.2, -0.15) is 0 Å². The molecule has 1 fully saturated rings. The minimum atomic E-state index is -0.224. The summed E-state index contributed by atoms with van der Waals surface area (Å²) in [5.74, 6) is 0.406. The summed E-state index contributed by atoms with van der Waals surface area (Å²) in [5, 5.41) is 3.34. The molecule has 1 saturated carbocycles. The SMILES string of the molecule is COC=O.CO[C@@H](C)C(=Nc1ccncc1)/C(=C\N)Nc1ccc(CN(C)C)cc1.O=CC1CCCCC1. The number of ether oxygens (including phenoxy) is 2. The number of rotatable bonds is 10. The van der Waals surface area contributed by atoms with E-state index >= 15 is 0 Å². The van der Waals surface area contributed by atoms with Gasteiger partial charge < -0.3 is 30.2 Å². The first-order chi connectivity index (χ1) is 18.4. The van der Waals surface area contributed by atoms with Crippen LogP contribution in [0.1, 0.15) is 44.6 Å². The van der Waals surface area contributed by atoms with E-state index in [0.717, 1.165) is 42.8 Å². The summed E-state index contributed by atoms with van der Waals surface area (Å²) in [6.07, 6.45) is 12.0. The smallest absolute Gasteiger partial charge is 0.292 e. The number of hydrogen-bond acceptors (Lipinski definition) is 9. The number of benzene rings is 1. The Morgan fingerprint density at radius 1 is 1.11 bits per heavy atom. The van der Waals surface area contributed by atoms with Crippen LogP contribution in [0.3, 0.4) is 0 Å². The van der Waals surface area contributed by atoms with Gasteiger partial charge in [0, 0.05) is 43.9 Å². The Kier molecular flexibility index (Phi) is 16.7. The van der Waals surface area contributed by atoms with Crippen molar-refractivity contribution in [1.29, 1.82) is 0 Å². The molecule has 0 unspecified atom stereocenters. The van der Waals surface area contributed by atoms with Crippen LogP contribution in [0.4, 0.5) is 11.4 Å². The fourth-order valence-electron chi connectivity index (χ4n) is 3.71. The van der Waals surface area contributed by atoms with Crippen molar-refractivity contribution in [3.8, 4) is 0 Å². The molecule has 0 bridgehead atoms. The van der Waals surface area contributed by atoms with Gasteiger partial charge in [-0.15, -0.1) is 0 Å². The van der Waals surface area contributed by atoms with Gasteiger partial charge in [0.05, 0.1) is 30.3 Å². The van der Waals surface area contributed by atoms with E-state index in [2.05, 4.69) is 51.2 Å². The molecule has 208 valence electrons. The van der Waals surface area contributed by atoms with Gasteiger partial charge in [0.25, 0.3) is 6.47 Å². The lowest BCUT2D eigenvalue weighted by Crippen LogP contribution is -2.26. The first kappa shape index (κ1) is 32.5. The molecule has 0 amide bonds. The second kappa shape index (κ2) is 19.5. The number of nitrogens with one attached hydrogen (secondary N) is 1. The molecule has 9 heteroatoms. The van der Waals surface area contributed by atoms with Crippen LogP contribution in [0.5, 0.6) is 0 Å². The molecular weight excluding hydrogens is 482 g/mol.